The van der Waals surface area contributed by atoms with Gasteiger partial charge in [0.15, 0.2) is 0 Å². The van der Waals surface area contributed by atoms with Crippen LogP contribution in [0.4, 0.5) is 0 Å². The number of phenols is 1. The monoisotopic (exact) mass is 744 g/mol. The first-order chi connectivity index (χ1) is 14.7. The zero-order chi connectivity index (χ0) is 22.5. The van der Waals surface area contributed by atoms with Gasteiger partial charge in [-0.2, -0.15) is 5.10 Å². The first-order valence-corrected chi connectivity index (χ1v) is 12.3. The molecular formula is C21H13BrCl2I2N2O3. The van der Waals surface area contributed by atoms with Crippen LogP contribution >= 0.6 is 84.3 Å². The Balaban J connectivity index is 1.68. The normalized spacial score (nSPS) is 11.0. The quantitative estimate of drug-likeness (QED) is 0.162. The van der Waals surface area contributed by atoms with Crippen LogP contribution in [0.15, 0.2) is 58.1 Å². The van der Waals surface area contributed by atoms with E-state index in [1.54, 1.807) is 18.2 Å². The van der Waals surface area contributed by atoms with Gasteiger partial charge in [-0.15, -0.1) is 0 Å². The molecular weight excluding hydrogens is 733 g/mol. The highest BCUT2D eigenvalue weighted by atomic mass is 127. The number of nitrogens with one attached hydrogen (secondary N) is 1. The topological polar surface area (TPSA) is 70.9 Å². The third kappa shape index (κ3) is 6.70. The lowest BCUT2D eigenvalue weighted by molar-refractivity contribution is 0.0952. The Hall–Kier alpha value is -1.08. The van der Waals surface area contributed by atoms with Crippen molar-refractivity contribution in [1.82, 2.24) is 5.43 Å². The number of carbonyl (C=O) groups is 1. The molecule has 0 aliphatic heterocycles. The SMILES string of the molecule is O=C(N/N=C\c1cc(I)c(OCc2ccc(Cl)cc2Cl)c(I)c1)c1cc(Br)ccc1O. The van der Waals surface area contributed by atoms with E-state index in [1.165, 1.54) is 18.3 Å². The Bertz CT molecular complexity index is 1150. The number of aromatic hydroxyl groups is 1. The fourth-order valence-electron chi connectivity index (χ4n) is 2.50. The molecule has 0 saturated carbocycles. The van der Waals surface area contributed by atoms with Crippen molar-refractivity contribution < 1.29 is 14.6 Å². The number of nitrogens with zero attached hydrogens (tertiary/aromatic N) is 1. The zero-order valence-electron chi connectivity index (χ0n) is 15.5. The Kier molecular flexibility index (Phi) is 8.85. The highest BCUT2D eigenvalue weighted by Crippen LogP contribution is 2.30. The standard InChI is InChI=1S/C21H13BrCl2I2N2O3/c22-13-2-4-19(29)15(7-13)21(30)28-27-9-11-5-17(25)20(18(26)6-11)31-10-12-1-3-14(23)8-16(12)24/h1-9,29H,10H2,(H,28,30)/b27-9-. The molecule has 3 aromatic carbocycles. The third-order valence-electron chi connectivity index (χ3n) is 3.99. The van der Waals surface area contributed by atoms with Crippen LogP contribution < -0.4 is 10.2 Å². The molecule has 0 fully saturated rings. The maximum Gasteiger partial charge on any atom is 0.275 e. The highest BCUT2D eigenvalue weighted by molar-refractivity contribution is 14.1. The molecule has 0 heterocycles. The molecule has 0 bridgehead atoms. The molecule has 0 spiro atoms. The van der Waals surface area contributed by atoms with Crippen LogP contribution in [0.3, 0.4) is 0 Å². The predicted molar refractivity (Wildman–Crippen MR) is 144 cm³/mol. The van der Waals surface area contributed by atoms with Crippen molar-refractivity contribution in [1.29, 1.82) is 0 Å². The molecule has 5 nitrogen and oxygen atoms in total. The van der Waals surface area contributed by atoms with Crippen LogP contribution in [-0.4, -0.2) is 17.2 Å². The Morgan fingerprint density at radius 2 is 1.84 bits per heavy atom. The molecule has 31 heavy (non-hydrogen) atoms. The maximum atomic E-state index is 12.2. The average molecular weight is 746 g/mol. The smallest absolute Gasteiger partial charge is 0.275 e. The summed E-state index contributed by atoms with van der Waals surface area (Å²) in [6, 6.07) is 13.6. The van der Waals surface area contributed by atoms with Gasteiger partial charge < -0.3 is 9.84 Å². The van der Waals surface area contributed by atoms with Crippen LogP contribution in [-0.2, 0) is 6.61 Å². The summed E-state index contributed by atoms with van der Waals surface area (Å²) in [5.74, 6) is 0.0917. The number of halogens is 5. The van der Waals surface area contributed by atoms with Gasteiger partial charge in [-0.1, -0.05) is 45.2 Å². The molecule has 160 valence electrons. The fraction of sp³-hybridized carbons (Fsp3) is 0.0476. The number of amides is 1. The van der Waals surface area contributed by atoms with Gasteiger partial charge in [0.05, 0.1) is 18.9 Å². The highest BCUT2D eigenvalue weighted by Gasteiger charge is 2.12. The lowest BCUT2D eigenvalue weighted by Gasteiger charge is -2.12. The van der Waals surface area contributed by atoms with Crippen molar-refractivity contribution >= 4 is 96.4 Å². The van der Waals surface area contributed by atoms with E-state index < -0.39 is 5.91 Å². The number of hydrogen-bond acceptors (Lipinski definition) is 4. The van der Waals surface area contributed by atoms with Crippen LogP contribution in [0.1, 0.15) is 21.5 Å². The summed E-state index contributed by atoms with van der Waals surface area (Å²) in [6.07, 6.45) is 1.52. The second-order valence-corrected chi connectivity index (χ2v) is 10.3. The number of phenolic OH excluding ortho intramolecular Hbond substituents is 1. The molecule has 2 N–H and O–H groups in total. The van der Waals surface area contributed by atoms with E-state index in [9.17, 15) is 9.90 Å². The summed E-state index contributed by atoms with van der Waals surface area (Å²) in [7, 11) is 0. The van der Waals surface area contributed by atoms with Crippen LogP contribution in [0.5, 0.6) is 11.5 Å². The zero-order valence-corrected chi connectivity index (χ0v) is 22.9. The Morgan fingerprint density at radius 3 is 2.52 bits per heavy atom. The van der Waals surface area contributed by atoms with E-state index in [-0.39, 0.29) is 11.3 Å². The van der Waals surface area contributed by atoms with Gasteiger partial charge in [-0.3, -0.25) is 4.79 Å². The molecule has 0 unspecified atom stereocenters. The first-order valence-electron chi connectivity index (χ1n) is 8.62. The van der Waals surface area contributed by atoms with Crippen molar-refractivity contribution in [2.24, 2.45) is 5.10 Å². The maximum absolute atomic E-state index is 12.2. The second-order valence-electron chi connectivity index (χ2n) is 6.20. The Morgan fingerprint density at radius 1 is 1.13 bits per heavy atom. The van der Waals surface area contributed by atoms with Gasteiger partial charge in [0.2, 0.25) is 0 Å². The van der Waals surface area contributed by atoms with Crippen molar-refractivity contribution in [3.05, 3.63) is 86.9 Å². The van der Waals surface area contributed by atoms with Crippen molar-refractivity contribution in [2.45, 2.75) is 6.61 Å². The molecule has 0 atom stereocenters. The molecule has 3 aromatic rings. The van der Waals surface area contributed by atoms with Gasteiger partial charge in [0.1, 0.15) is 18.1 Å². The lowest BCUT2D eigenvalue weighted by atomic mass is 10.2. The van der Waals surface area contributed by atoms with E-state index in [2.05, 4.69) is 71.6 Å². The summed E-state index contributed by atoms with van der Waals surface area (Å²) in [5.41, 5.74) is 4.16. The van der Waals surface area contributed by atoms with Crippen LogP contribution in [0.2, 0.25) is 10.0 Å². The largest absolute Gasteiger partial charge is 0.507 e. The molecule has 0 saturated heterocycles. The first kappa shape index (κ1) is 24.6. The lowest BCUT2D eigenvalue weighted by Crippen LogP contribution is -2.17. The van der Waals surface area contributed by atoms with E-state index in [0.29, 0.717) is 21.1 Å². The minimum absolute atomic E-state index is 0.123. The summed E-state index contributed by atoms with van der Waals surface area (Å²) in [5, 5.41) is 14.9. The van der Waals surface area contributed by atoms with Gasteiger partial charge in [-0.05, 0) is 93.2 Å². The van der Waals surface area contributed by atoms with Gasteiger partial charge in [0, 0.05) is 20.1 Å². The number of hydrazone groups is 1. The second kappa shape index (κ2) is 11.2. The predicted octanol–water partition coefficient (Wildman–Crippen LogP) is 7.01. The van der Waals surface area contributed by atoms with Crippen molar-refractivity contribution in [2.75, 3.05) is 0 Å². The number of ether oxygens (including phenoxy) is 1. The summed E-state index contributed by atoms with van der Waals surface area (Å²) >= 11 is 19.8. The molecule has 0 aromatic heterocycles. The van der Waals surface area contributed by atoms with E-state index in [4.69, 9.17) is 27.9 Å². The number of benzene rings is 3. The molecule has 0 aliphatic carbocycles. The minimum atomic E-state index is -0.515. The average Bonchev–Trinajstić information content (AvgIpc) is 2.70. The van der Waals surface area contributed by atoms with E-state index in [0.717, 1.165) is 24.0 Å². The molecule has 1 amide bonds. The van der Waals surface area contributed by atoms with Crippen molar-refractivity contribution in [3.63, 3.8) is 0 Å². The van der Waals surface area contributed by atoms with Gasteiger partial charge >= 0.3 is 0 Å². The molecule has 3 rings (SSSR count). The minimum Gasteiger partial charge on any atom is -0.507 e. The number of rotatable bonds is 6. The van der Waals surface area contributed by atoms with Gasteiger partial charge in [0.25, 0.3) is 5.91 Å². The van der Waals surface area contributed by atoms with E-state index in [1.807, 2.05) is 18.2 Å². The Labute approximate surface area is 224 Å². The fourth-order valence-corrected chi connectivity index (χ4v) is 5.45. The van der Waals surface area contributed by atoms with Crippen LogP contribution in [0, 0.1) is 7.14 Å². The molecule has 0 aliphatic rings. The number of hydrogen-bond donors (Lipinski definition) is 2. The summed E-state index contributed by atoms with van der Waals surface area (Å²) in [6.45, 7) is 0.307. The number of carbonyl (C=O) groups excluding carboxylic acids is 1. The molecule has 0 radical (unpaired) electrons. The van der Waals surface area contributed by atoms with Crippen LogP contribution in [0.25, 0.3) is 0 Å². The van der Waals surface area contributed by atoms with Gasteiger partial charge in [-0.25, -0.2) is 5.43 Å². The summed E-state index contributed by atoms with van der Waals surface area (Å²) in [4.78, 5) is 12.2. The third-order valence-corrected chi connectivity index (χ3v) is 6.67. The van der Waals surface area contributed by atoms with Crippen molar-refractivity contribution in [3.8, 4) is 11.5 Å². The van der Waals surface area contributed by atoms with E-state index >= 15 is 0 Å². The molecule has 10 heteroatoms. The summed E-state index contributed by atoms with van der Waals surface area (Å²) < 4.78 is 8.41.